The molecule has 2 rings (SSSR count). The Hall–Kier alpha value is -0.340. The van der Waals surface area contributed by atoms with Gasteiger partial charge in [-0.25, -0.2) is 0 Å². The van der Waals surface area contributed by atoms with E-state index in [2.05, 4.69) is 12.2 Å². The normalized spacial score (nSPS) is 45.5. The van der Waals surface area contributed by atoms with Crippen molar-refractivity contribution in [1.29, 1.82) is 0 Å². The summed E-state index contributed by atoms with van der Waals surface area (Å²) in [7, 11) is 0. The highest BCUT2D eigenvalue weighted by atomic mass is 16.6. The zero-order chi connectivity index (χ0) is 6.97. The molecule has 0 radical (unpaired) electrons. The van der Waals surface area contributed by atoms with E-state index in [4.69, 9.17) is 9.84 Å². The van der Waals surface area contributed by atoms with Crippen LogP contribution in [0.5, 0.6) is 0 Å². The number of hydrogen-bond acceptors (Lipinski definition) is 2. The van der Waals surface area contributed by atoms with E-state index < -0.39 is 6.29 Å². The molecule has 0 aromatic carbocycles. The van der Waals surface area contributed by atoms with Gasteiger partial charge in [-0.05, 0) is 18.3 Å². The van der Waals surface area contributed by atoms with Crippen molar-refractivity contribution in [3.63, 3.8) is 0 Å². The zero-order valence-corrected chi connectivity index (χ0v) is 5.86. The number of hydrogen-bond donors (Lipinski definition) is 1. The van der Waals surface area contributed by atoms with E-state index in [-0.39, 0.29) is 0 Å². The standard InChI is InChI=1S/C8H12O2/c9-8-4-6-2-1-3-7(6)5-10-8/h1-2,6-9H,3-5H2/t6-,7+,8?/m1/s1. The first-order valence-electron chi connectivity index (χ1n) is 3.82. The minimum atomic E-state index is -0.510. The summed E-state index contributed by atoms with van der Waals surface area (Å²) in [5.74, 6) is 1.24. The molecule has 1 unspecified atom stereocenters. The Labute approximate surface area is 60.5 Å². The molecule has 2 heteroatoms. The van der Waals surface area contributed by atoms with E-state index >= 15 is 0 Å². The SMILES string of the molecule is OC1C[C@H]2C=CC[C@H]2CO1. The first-order chi connectivity index (χ1) is 4.86. The summed E-state index contributed by atoms with van der Waals surface area (Å²) in [5, 5.41) is 9.10. The van der Waals surface area contributed by atoms with Crippen LogP contribution in [0.25, 0.3) is 0 Å². The van der Waals surface area contributed by atoms with Gasteiger partial charge in [-0.15, -0.1) is 0 Å². The zero-order valence-electron chi connectivity index (χ0n) is 5.86. The Balaban J connectivity index is 2.01. The fourth-order valence-electron chi connectivity index (χ4n) is 1.76. The van der Waals surface area contributed by atoms with E-state index in [1.54, 1.807) is 0 Å². The molecule has 1 N–H and O–H groups in total. The lowest BCUT2D eigenvalue weighted by atomic mass is 9.91. The van der Waals surface area contributed by atoms with Gasteiger partial charge >= 0.3 is 0 Å². The molecule has 2 aliphatic rings. The second-order valence-corrected chi connectivity index (χ2v) is 3.11. The summed E-state index contributed by atoms with van der Waals surface area (Å²) in [6.07, 6.45) is 5.81. The van der Waals surface area contributed by atoms with E-state index in [1.807, 2.05) is 0 Å². The van der Waals surface area contributed by atoms with Crippen molar-refractivity contribution >= 4 is 0 Å². The largest absolute Gasteiger partial charge is 0.368 e. The van der Waals surface area contributed by atoms with Gasteiger partial charge in [0.15, 0.2) is 6.29 Å². The van der Waals surface area contributed by atoms with Crippen LogP contribution < -0.4 is 0 Å². The Morgan fingerprint density at radius 1 is 1.50 bits per heavy atom. The van der Waals surface area contributed by atoms with Crippen LogP contribution in [0.2, 0.25) is 0 Å². The Morgan fingerprint density at radius 3 is 3.30 bits per heavy atom. The number of ether oxygens (including phenoxy) is 1. The lowest BCUT2D eigenvalue weighted by Crippen LogP contribution is -2.30. The van der Waals surface area contributed by atoms with Gasteiger partial charge in [0.05, 0.1) is 6.61 Å². The quantitative estimate of drug-likeness (QED) is 0.507. The molecular formula is C8H12O2. The molecule has 1 saturated heterocycles. The van der Waals surface area contributed by atoms with Crippen molar-refractivity contribution in [1.82, 2.24) is 0 Å². The highest BCUT2D eigenvalue weighted by molar-refractivity contribution is 5.02. The van der Waals surface area contributed by atoms with Gasteiger partial charge in [0.2, 0.25) is 0 Å². The predicted molar refractivity (Wildman–Crippen MR) is 37.3 cm³/mol. The van der Waals surface area contributed by atoms with Gasteiger partial charge in [0, 0.05) is 6.42 Å². The van der Waals surface area contributed by atoms with E-state index in [1.165, 1.54) is 0 Å². The molecule has 3 atom stereocenters. The van der Waals surface area contributed by atoms with Crippen LogP contribution in [-0.2, 0) is 4.74 Å². The molecule has 0 aromatic rings. The van der Waals surface area contributed by atoms with Crippen LogP contribution in [0.1, 0.15) is 12.8 Å². The minimum absolute atomic E-state index is 0.510. The Morgan fingerprint density at radius 2 is 2.40 bits per heavy atom. The number of rotatable bonds is 0. The summed E-state index contributed by atoms with van der Waals surface area (Å²) in [6.45, 7) is 0.735. The Bertz CT molecular complexity index is 153. The third-order valence-electron chi connectivity index (χ3n) is 2.40. The molecule has 0 amide bonds. The van der Waals surface area contributed by atoms with Crippen LogP contribution in [0.4, 0.5) is 0 Å². The molecule has 0 bridgehead atoms. The van der Waals surface area contributed by atoms with Crippen molar-refractivity contribution < 1.29 is 9.84 Å². The first kappa shape index (κ1) is 6.38. The second kappa shape index (κ2) is 2.36. The summed E-state index contributed by atoms with van der Waals surface area (Å²) in [6, 6.07) is 0. The van der Waals surface area contributed by atoms with Crippen LogP contribution in [-0.4, -0.2) is 18.0 Å². The molecule has 0 aromatic heterocycles. The summed E-state index contributed by atoms with van der Waals surface area (Å²) in [4.78, 5) is 0. The van der Waals surface area contributed by atoms with Crippen LogP contribution in [0, 0.1) is 11.8 Å². The molecule has 10 heavy (non-hydrogen) atoms. The minimum Gasteiger partial charge on any atom is -0.368 e. The van der Waals surface area contributed by atoms with Gasteiger partial charge < -0.3 is 9.84 Å². The monoisotopic (exact) mass is 140 g/mol. The van der Waals surface area contributed by atoms with Crippen molar-refractivity contribution in [2.24, 2.45) is 11.8 Å². The molecule has 56 valence electrons. The third-order valence-corrected chi connectivity index (χ3v) is 2.40. The molecule has 2 nitrogen and oxygen atoms in total. The first-order valence-corrected chi connectivity index (χ1v) is 3.82. The maximum atomic E-state index is 9.10. The summed E-state index contributed by atoms with van der Waals surface area (Å²) < 4.78 is 5.11. The van der Waals surface area contributed by atoms with Crippen LogP contribution in [0.3, 0.4) is 0 Å². The molecule has 1 aliphatic heterocycles. The number of allylic oxidation sites excluding steroid dienone is 2. The number of fused-ring (bicyclic) bond motifs is 1. The van der Waals surface area contributed by atoms with Crippen molar-refractivity contribution in [2.45, 2.75) is 19.1 Å². The lowest BCUT2D eigenvalue weighted by molar-refractivity contribution is -0.149. The molecule has 0 spiro atoms. The second-order valence-electron chi connectivity index (χ2n) is 3.11. The maximum absolute atomic E-state index is 9.10. The summed E-state index contributed by atoms with van der Waals surface area (Å²) in [5.41, 5.74) is 0. The fraction of sp³-hybridized carbons (Fsp3) is 0.750. The molecule has 1 aliphatic carbocycles. The van der Waals surface area contributed by atoms with Gasteiger partial charge in [0.1, 0.15) is 0 Å². The average Bonchev–Trinajstić information content (AvgIpc) is 2.33. The van der Waals surface area contributed by atoms with Gasteiger partial charge in [-0.1, -0.05) is 12.2 Å². The van der Waals surface area contributed by atoms with Crippen molar-refractivity contribution in [3.05, 3.63) is 12.2 Å². The predicted octanol–water partition coefficient (Wildman–Crippen LogP) is 0.917. The molecule has 1 fully saturated rings. The average molecular weight is 140 g/mol. The van der Waals surface area contributed by atoms with E-state index in [9.17, 15) is 0 Å². The Kier molecular flexibility index (Phi) is 1.51. The maximum Gasteiger partial charge on any atom is 0.155 e. The molecule has 0 saturated carbocycles. The smallest absolute Gasteiger partial charge is 0.155 e. The molecule has 1 heterocycles. The number of aliphatic hydroxyl groups is 1. The van der Waals surface area contributed by atoms with Crippen molar-refractivity contribution in [3.8, 4) is 0 Å². The van der Waals surface area contributed by atoms with Crippen LogP contribution in [0.15, 0.2) is 12.2 Å². The fourth-order valence-corrected chi connectivity index (χ4v) is 1.76. The highest BCUT2D eigenvalue weighted by Crippen LogP contribution is 2.33. The van der Waals surface area contributed by atoms with Gasteiger partial charge in [-0.2, -0.15) is 0 Å². The summed E-state index contributed by atoms with van der Waals surface area (Å²) >= 11 is 0. The van der Waals surface area contributed by atoms with Crippen molar-refractivity contribution in [2.75, 3.05) is 6.61 Å². The topological polar surface area (TPSA) is 29.5 Å². The lowest BCUT2D eigenvalue weighted by Gasteiger charge is -2.28. The number of aliphatic hydroxyl groups excluding tert-OH is 1. The van der Waals surface area contributed by atoms with Gasteiger partial charge in [-0.3, -0.25) is 0 Å². The third kappa shape index (κ3) is 0.976. The highest BCUT2D eigenvalue weighted by Gasteiger charge is 2.30. The van der Waals surface area contributed by atoms with Gasteiger partial charge in [0.25, 0.3) is 0 Å². The van der Waals surface area contributed by atoms with E-state index in [0.717, 1.165) is 19.4 Å². The van der Waals surface area contributed by atoms with E-state index in [0.29, 0.717) is 11.8 Å². The molecular weight excluding hydrogens is 128 g/mol. The van der Waals surface area contributed by atoms with Crippen LogP contribution >= 0.6 is 0 Å².